The van der Waals surface area contributed by atoms with E-state index in [4.69, 9.17) is 4.42 Å². The SMILES string of the molecule is Cc1ccc(C2c3c(oc4ccccc4c3=O)C(=O)N2c2ccc(C)cc2)cc1. The normalized spacial score (nSPS) is 15.7. The molecule has 4 heteroatoms. The summed E-state index contributed by atoms with van der Waals surface area (Å²) in [5.41, 5.74) is 4.51. The second-order valence-electron chi connectivity index (χ2n) is 7.49. The van der Waals surface area contributed by atoms with Gasteiger partial charge in [0.1, 0.15) is 5.58 Å². The number of para-hydroxylation sites is 1. The Balaban J connectivity index is 1.81. The number of aryl methyl sites for hydroxylation is 2. The molecule has 0 saturated heterocycles. The lowest BCUT2D eigenvalue weighted by Crippen LogP contribution is -2.29. The van der Waals surface area contributed by atoms with Crippen LogP contribution in [0.3, 0.4) is 0 Å². The second-order valence-corrected chi connectivity index (χ2v) is 7.49. The maximum absolute atomic E-state index is 13.4. The first kappa shape index (κ1) is 17.4. The van der Waals surface area contributed by atoms with Crippen LogP contribution in [0.2, 0.25) is 0 Å². The predicted octanol–water partition coefficient (Wildman–Crippen LogP) is 5.16. The third-order valence-corrected chi connectivity index (χ3v) is 5.48. The largest absolute Gasteiger partial charge is 0.450 e. The predicted molar refractivity (Wildman–Crippen MR) is 113 cm³/mol. The average Bonchev–Trinajstić information content (AvgIpc) is 3.02. The molecule has 1 amide bonds. The molecule has 3 aromatic carbocycles. The van der Waals surface area contributed by atoms with Crippen LogP contribution >= 0.6 is 0 Å². The minimum absolute atomic E-state index is 0.125. The number of anilines is 1. The Morgan fingerprint density at radius 2 is 1.41 bits per heavy atom. The van der Waals surface area contributed by atoms with Gasteiger partial charge in [0.15, 0.2) is 5.43 Å². The summed E-state index contributed by atoms with van der Waals surface area (Å²) in [5.74, 6) is -0.169. The van der Waals surface area contributed by atoms with Gasteiger partial charge in [-0.25, -0.2) is 0 Å². The van der Waals surface area contributed by atoms with Crippen molar-refractivity contribution in [1.82, 2.24) is 0 Å². The Morgan fingerprint density at radius 3 is 2.10 bits per heavy atom. The van der Waals surface area contributed by atoms with Gasteiger partial charge in [-0.1, -0.05) is 59.7 Å². The third kappa shape index (κ3) is 2.68. The third-order valence-electron chi connectivity index (χ3n) is 5.48. The number of carbonyl (C=O) groups excluding carboxylic acids is 1. The number of amides is 1. The molecular formula is C25H19NO3. The second kappa shape index (κ2) is 6.45. The van der Waals surface area contributed by atoms with Crippen molar-refractivity contribution in [3.05, 3.63) is 111 Å². The number of fused-ring (bicyclic) bond motifs is 2. The topological polar surface area (TPSA) is 50.5 Å². The van der Waals surface area contributed by atoms with Gasteiger partial charge in [0, 0.05) is 5.69 Å². The van der Waals surface area contributed by atoms with E-state index in [0.717, 1.165) is 22.4 Å². The van der Waals surface area contributed by atoms with Crippen molar-refractivity contribution in [1.29, 1.82) is 0 Å². The molecule has 0 N–H and O–H groups in total. The summed E-state index contributed by atoms with van der Waals surface area (Å²) < 4.78 is 5.96. The maximum atomic E-state index is 13.4. The van der Waals surface area contributed by atoms with Crippen molar-refractivity contribution >= 4 is 22.6 Å². The number of nitrogens with zero attached hydrogens (tertiary/aromatic N) is 1. The minimum atomic E-state index is -0.526. The van der Waals surface area contributed by atoms with E-state index < -0.39 is 6.04 Å². The van der Waals surface area contributed by atoms with E-state index >= 15 is 0 Å². The highest BCUT2D eigenvalue weighted by Crippen LogP contribution is 2.41. The molecule has 0 fully saturated rings. The van der Waals surface area contributed by atoms with E-state index in [-0.39, 0.29) is 17.1 Å². The molecule has 1 aliphatic heterocycles. The first-order chi connectivity index (χ1) is 14.0. The van der Waals surface area contributed by atoms with Crippen LogP contribution in [0.5, 0.6) is 0 Å². The molecule has 0 aliphatic carbocycles. The van der Waals surface area contributed by atoms with Crippen LogP contribution in [-0.4, -0.2) is 5.91 Å². The van der Waals surface area contributed by atoms with Gasteiger partial charge in [-0.05, 0) is 43.7 Å². The van der Waals surface area contributed by atoms with Crippen molar-refractivity contribution in [3.8, 4) is 0 Å². The summed E-state index contributed by atoms with van der Waals surface area (Å²) >= 11 is 0. The van der Waals surface area contributed by atoms with Crippen LogP contribution in [0.25, 0.3) is 11.0 Å². The molecule has 0 bridgehead atoms. The summed E-state index contributed by atoms with van der Waals surface area (Å²) in [6.07, 6.45) is 0. The van der Waals surface area contributed by atoms with Gasteiger partial charge < -0.3 is 4.42 Å². The van der Waals surface area contributed by atoms with Crippen LogP contribution in [0.15, 0.2) is 82.0 Å². The lowest BCUT2D eigenvalue weighted by atomic mass is 9.97. The Bertz CT molecular complexity index is 1300. The first-order valence-electron chi connectivity index (χ1n) is 9.57. The number of hydrogen-bond acceptors (Lipinski definition) is 3. The van der Waals surface area contributed by atoms with E-state index in [1.54, 1.807) is 29.2 Å². The Kier molecular flexibility index (Phi) is 3.88. The highest BCUT2D eigenvalue weighted by atomic mass is 16.3. The van der Waals surface area contributed by atoms with Crippen LogP contribution < -0.4 is 10.3 Å². The van der Waals surface area contributed by atoms with Gasteiger partial charge in [-0.2, -0.15) is 0 Å². The van der Waals surface area contributed by atoms with Crippen molar-refractivity contribution in [3.63, 3.8) is 0 Å². The number of rotatable bonds is 2. The van der Waals surface area contributed by atoms with Gasteiger partial charge >= 0.3 is 0 Å². The first-order valence-corrected chi connectivity index (χ1v) is 9.57. The summed E-state index contributed by atoms with van der Waals surface area (Å²) in [7, 11) is 0. The number of hydrogen-bond donors (Lipinski definition) is 0. The van der Waals surface area contributed by atoms with Crippen molar-refractivity contribution in [2.45, 2.75) is 19.9 Å². The summed E-state index contributed by atoms with van der Waals surface area (Å²) in [6.45, 7) is 4.01. The van der Waals surface area contributed by atoms with E-state index in [9.17, 15) is 9.59 Å². The summed E-state index contributed by atoms with van der Waals surface area (Å²) in [4.78, 5) is 28.5. The van der Waals surface area contributed by atoms with E-state index in [2.05, 4.69) is 0 Å². The Morgan fingerprint density at radius 1 is 0.793 bits per heavy atom. The van der Waals surface area contributed by atoms with Crippen LogP contribution in [0.1, 0.15) is 38.9 Å². The standard InChI is InChI=1S/C25H19NO3/c1-15-7-11-17(12-8-15)22-21-23(27)19-5-3-4-6-20(19)29-24(21)25(28)26(22)18-13-9-16(2)10-14-18/h3-14,22H,1-2H3. The van der Waals surface area contributed by atoms with E-state index in [1.807, 2.05) is 62.4 Å². The van der Waals surface area contributed by atoms with Crippen LogP contribution in [0, 0.1) is 13.8 Å². The van der Waals surface area contributed by atoms with Crippen molar-refractivity contribution < 1.29 is 9.21 Å². The molecule has 2 heterocycles. The van der Waals surface area contributed by atoms with Gasteiger partial charge in [0.05, 0.1) is 17.0 Å². The van der Waals surface area contributed by atoms with Gasteiger partial charge in [0.2, 0.25) is 5.76 Å². The fourth-order valence-corrected chi connectivity index (χ4v) is 3.96. The quantitative estimate of drug-likeness (QED) is 0.482. The molecular weight excluding hydrogens is 362 g/mol. The molecule has 5 rings (SSSR count). The zero-order valence-electron chi connectivity index (χ0n) is 16.2. The lowest BCUT2D eigenvalue weighted by molar-refractivity contribution is 0.0971. The van der Waals surface area contributed by atoms with E-state index in [1.165, 1.54) is 0 Å². The molecule has 0 saturated carbocycles. The Labute approximate surface area is 168 Å². The molecule has 0 spiro atoms. The van der Waals surface area contributed by atoms with E-state index in [0.29, 0.717) is 16.5 Å². The highest BCUT2D eigenvalue weighted by molar-refractivity contribution is 6.10. The van der Waals surface area contributed by atoms with Gasteiger partial charge in [0.25, 0.3) is 5.91 Å². The molecule has 1 aromatic heterocycles. The molecule has 142 valence electrons. The fourth-order valence-electron chi connectivity index (χ4n) is 3.96. The average molecular weight is 381 g/mol. The van der Waals surface area contributed by atoms with Gasteiger partial charge in [-0.3, -0.25) is 14.5 Å². The minimum Gasteiger partial charge on any atom is -0.450 e. The molecule has 4 nitrogen and oxygen atoms in total. The molecule has 1 aliphatic rings. The van der Waals surface area contributed by atoms with Crippen molar-refractivity contribution in [2.24, 2.45) is 0 Å². The lowest BCUT2D eigenvalue weighted by Gasteiger charge is -2.25. The molecule has 0 radical (unpaired) electrons. The highest BCUT2D eigenvalue weighted by Gasteiger charge is 2.43. The zero-order valence-corrected chi connectivity index (χ0v) is 16.2. The molecule has 29 heavy (non-hydrogen) atoms. The molecule has 1 atom stereocenters. The smallest absolute Gasteiger partial charge is 0.295 e. The monoisotopic (exact) mass is 381 g/mol. The van der Waals surface area contributed by atoms with Gasteiger partial charge in [-0.15, -0.1) is 0 Å². The van der Waals surface area contributed by atoms with Crippen molar-refractivity contribution in [2.75, 3.05) is 4.90 Å². The molecule has 4 aromatic rings. The van der Waals surface area contributed by atoms with Crippen LogP contribution in [0.4, 0.5) is 5.69 Å². The zero-order chi connectivity index (χ0) is 20.1. The molecule has 1 unspecified atom stereocenters. The summed E-state index contributed by atoms with van der Waals surface area (Å²) in [5, 5.41) is 0.488. The fraction of sp³-hybridized carbons (Fsp3) is 0.120. The maximum Gasteiger partial charge on any atom is 0.295 e. The number of carbonyl (C=O) groups is 1. The Hall–Kier alpha value is -3.66. The number of benzene rings is 3. The van der Waals surface area contributed by atoms with Crippen LogP contribution in [-0.2, 0) is 0 Å². The summed E-state index contributed by atoms with van der Waals surface area (Å²) in [6, 6.07) is 22.2.